The van der Waals surface area contributed by atoms with Gasteiger partial charge < -0.3 is 0 Å². The van der Waals surface area contributed by atoms with E-state index in [9.17, 15) is 9.59 Å². The van der Waals surface area contributed by atoms with Crippen molar-refractivity contribution in [2.24, 2.45) is 22.7 Å². The van der Waals surface area contributed by atoms with E-state index in [1.807, 2.05) is 20.8 Å². The second-order valence-corrected chi connectivity index (χ2v) is 7.13. The zero-order chi connectivity index (χ0) is 12.7. The summed E-state index contributed by atoms with van der Waals surface area (Å²) in [4.78, 5) is 24.3. The van der Waals surface area contributed by atoms with Crippen LogP contribution in [-0.4, -0.2) is 11.6 Å². The van der Waals surface area contributed by atoms with Crippen molar-refractivity contribution < 1.29 is 9.59 Å². The van der Waals surface area contributed by atoms with Crippen LogP contribution in [0, 0.1) is 22.7 Å². The number of rotatable bonds is 0. The summed E-state index contributed by atoms with van der Waals surface area (Å²) in [6, 6.07) is 0. The van der Waals surface area contributed by atoms with Gasteiger partial charge in [0.15, 0.2) is 0 Å². The van der Waals surface area contributed by atoms with Crippen LogP contribution in [0.1, 0.15) is 54.4 Å². The van der Waals surface area contributed by atoms with Crippen LogP contribution in [-0.2, 0) is 9.59 Å². The van der Waals surface area contributed by atoms with Gasteiger partial charge >= 0.3 is 0 Å². The second kappa shape index (κ2) is 3.97. The summed E-state index contributed by atoms with van der Waals surface area (Å²) in [6.45, 7) is 12.2. The normalized spacial score (nSPS) is 28.4. The molecule has 2 heteroatoms. The van der Waals surface area contributed by atoms with Crippen molar-refractivity contribution >= 4 is 11.6 Å². The van der Waals surface area contributed by atoms with E-state index in [0.717, 1.165) is 6.42 Å². The fourth-order valence-corrected chi connectivity index (χ4v) is 2.70. The highest BCUT2D eigenvalue weighted by Crippen LogP contribution is 2.42. The molecular weight excluding hydrogens is 200 g/mol. The summed E-state index contributed by atoms with van der Waals surface area (Å²) in [6.07, 6.45) is 1.30. The van der Waals surface area contributed by atoms with Crippen molar-refractivity contribution in [2.45, 2.75) is 54.4 Å². The van der Waals surface area contributed by atoms with Crippen molar-refractivity contribution in [3.63, 3.8) is 0 Å². The van der Waals surface area contributed by atoms with Crippen LogP contribution in [0.25, 0.3) is 0 Å². The van der Waals surface area contributed by atoms with Crippen molar-refractivity contribution in [3.05, 3.63) is 0 Å². The van der Waals surface area contributed by atoms with E-state index in [4.69, 9.17) is 0 Å². The number of hydrogen-bond acceptors (Lipinski definition) is 2. The predicted octanol–water partition coefficient (Wildman–Crippen LogP) is 3.24. The molecule has 0 bridgehead atoms. The van der Waals surface area contributed by atoms with Gasteiger partial charge in [0.2, 0.25) is 0 Å². The van der Waals surface area contributed by atoms with Gasteiger partial charge in [-0.1, -0.05) is 41.5 Å². The third-order valence-corrected chi connectivity index (χ3v) is 3.54. The zero-order valence-electron chi connectivity index (χ0n) is 11.4. The maximum Gasteiger partial charge on any atom is 0.147 e. The quantitative estimate of drug-likeness (QED) is 0.592. The van der Waals surface area contributed by atoms with E-state index >= 15 is 0 Å². The Hall–Kier alpha value is -0.660. The lowest BCUT2D eigenvalue weighted by molar-refractivity contribution is -0.146. The molecule has 0 N–H and O–H groups in total. The summed E-state index contributed by atoms with van der Waals surface area (Å²) < 4.78 is 0. The first-order chi connectivity index (χ1) is 7.05. The Morgan fingerprint density at radius 1 is 0.938 bits per heavy atom. The van der Waals surface area contributed by atoms with Gasteiger partial charge in [0.05, 0.1) is 5.92 Å². The molecule has 1 saturated carbocycles. The molecule has 1 fully saturated rings. The molecule has 0 aromatic carbocycles. The molecule has 0 amide bonds. The molecule has 0 heterocycles. The lowest BCUT2D eigenvalue weighted by atomic mass is 9.62. The van der Waals surface area contributed by atoms with E-state index in [1.54, 1.807) is 0 Å². The smallest absolute Gasteiger partial charge is 0.147 e. The molecule has 2 unspecified atom stereocenters. The second-order valence-electron chi connectivity index (χ2n) is 7.13. The Morgan fingerprint density at radius 2 is 1.44 bits per heavy atom. The lowest BCUT2D eigenvalue weighted by Gasteiger charge is -2.40. The number of hydrogen-bond donors (Lipinski definition) is 0. The van der Waals surface area contributed by atoms with Crippen LogP contribution >= 0.6 is 0 Å². The maximum absolute atomic E-state index is 12.4. The van der Waals surface area contributed by atoms with E-state index in [-0.39, 0.29) is 28.3 Å². The molecule has 92 valence electrons. The van der Waals surface area contributed by atoms with Crippen molar-refractivity contribution in [1.29, 1.82) is 0 Å². The van der Waals surface area contributed by atoms with Crippen molar-refractivity contribution in [3.8, 4) is 0 Å². The SMILES string of the molecule is CC(C)(C)C1CCC(=O)C(C(C)(C)C)C1=O. The first kappa shape index (κ1) is 13.4. The molecule has 0 saturated heterocycles. The van der Waals surface area contributed by atoms with Crippen LogP contribution in [0.5, 0.6) is 0 Å². The Morgan fingerprint density at radius 3 is 1.81 bits per heavy atom. The Bertz CT molecular complexity index is 302. The standard InChI is InChI=1S/C14H24O2/c1-13(2,3)9-7-8-10(15)11(12(9)16)14(4,5)6/h9,11H,7-8H2,1-6H3. The predicted molar refractivity (Wildman–Crippen MR) is 65.1 cm³/mol. The minimum atomic E-state index is -0.398. The maximum atomic E-state index is 12.4. The van der Waals surface area contributed by atoms with Gasteiger partial charge in [0.1, 0.15) is 11.6 Å². The lowest BCUT2D eigenvalue weighted by Crippen LogP contribution is -2.46. The number of carbonyl (C=O) groups is 2. The van der Waals surface area contributed by atoms with Gasteiger partial charge in [-0.25, -0.2) is 0 Å². The molecule has 0 aliphatic heterocycles. The summed E-state index contributed by atoms with van der Waals surface area (Å²) in [5, 5.41) is 0. The van der Waals surface area contributed by atoms with Gasteiger partial charge in [-0.2, -0.15) is 0 Å². The fraction of sp³-hybridized carbons (Fsp3) is 0.857. The van der Waals surface area contributed by atoms with Crippen molar-refractivity contribution in [2.75, 3.05) is 0 Å². The Balaban J connectivity index is 3.02. The van der Waals surface area contributed by atoms with Gasteiger partial charge in [-0.3, -0.25) is 9.59 Å². The molecule has 0 radical (unpaired) electrons. The van der Waals surface area contributed by atoms with Gasteiger partial charge in [0, 0.05) is 12.3 Å². The third kappa shape index (κ3) is 2.53. The minimum Gasteiger partial charge on any atom is -0.299 e. The zero-order valence-corrected chi connectivity index (χ0v) is 11.4. The molecule has 0 aromatic heterocycles. The summed E-state index contributed by atoms with van der Waals surface area (Å²) in [5.41, 5.74) is -0.265. The van der Waals surface area contributed by atoms with Gasteiger partial charge in [-0.05, 0) is 17.3 Å². The highest BCUT2D eigenvalue weighted by Gasteiger charge is 2.46. The molecular formula is C14H24O2. The molecule has 1 aliphatic carbocycles. The van der Waals surface area contributed by atoms with Crippen molar-refractivity contribution in [1.82, 2.24) is 0 Å². The summed E-state index contributed by atoms with van der Waals surface area (Å²) in [5.74, 6) is -0.0610. The minimum absolute atomic E-state index is 0.0265. The van der Waals surface area contributed by atoms with Crippen LogP contribution in [0.3, 0.4) is 0 Å². The van der Waals surface area contributed by atoms with E-state index in [2.05, 4.69) is 20.8 Å². The molecule has 0 spiro atoms. The van der Waals surface area contributed by atoms with Gasteiger partial charge in [0.25, 0.3) is 0 Å². The first-order valence-corrected chi connectivity index (χ1v) is 6.11. The largest absolute Gasteiger partial charge is 0.299 e. The number of Topliss-reactive ketones (excluding diaryl/α,β-unsaturated/α-hetero) is 2. The van der Waals surface area contributed by atoms with E-state index in [1.165, 1.54) is 0 Å². The average Bonchev–Trinajstić information content (AvgIpc) is 1.97. The number of carbonyl (C=O) groups excluding carboxylic acids is 2. The molecule has 16 heavy (non-hydrogen) atoms. The highest BCUT2D eigenvalue weighted by atomic mass is 16.2. The monoisotopic (exact) mass is 224 g/mol. The van der Waals surface area contributed by atoms with Crippen LogP contribution in [0.2, 0.25) is 0 Å². The van der Waals surface area contributed by atoms with Crippen LogP contribution in [0.4, 0.5) is 0 Å². The molecule has 2 nitrogen and oxygen atoms in total. The van der Waals surface area contributed by atoms with E-state index < -0.39 is 5.92 Å². The third-order valence-electron chi connectivity index (χ3n) is 3.54. The van der Waals surface area contributed by atoms with Crippen LogP contribution < -0.4 is 0 Å². The Labute approximate surface area is 98.8 Å². The Kier molecular flexibility index (Phi) is 3.33. The molecule has 1 rings (SSSR count). The molecule has 0 aromatic rings. The number of ketones is 2. The van der Waals surface area contributed by atoms with E-state index in [0.29, 0.717) is 6.42 Å². The molecule has 1 aliphatic rings. The van der Waals surface area contributed by atoms with Crippen LogP contribution in [0.15, 0.2) is 0 Å². The highest BCUT2D eigenvalue weighted by molar-refractivity contribution is 6.06. The fourth-order valence-electron chi connectivity index (χ4n) is 2.70. The van der Waals surface area contributed by atoms with Gasteiger partial charge in [-0.15, -0.1) is 0 Å². The summed E-state index contributed by atoms with van der Waals surface area (Å²) in [7, 11) is 0. The average molecular weight is 224 g/mol. The topological polar surface area (TPSA) is 34.1 Å². The summed E-state index contributed by atoms with van der Waals surface area (Å²) >= 11 is 0. The molecule has 2 atom stereocenters. The first-order valence-electron chi connectivity index (χ1n) is 6.11.